The van der Waals surface area contributed by atoms with Crippen molar-refractivity contribution in [3.8, 4) is 0 Å². The Bertz CT molecular complexity index is 613. The molecule has 2 rings (SSSR count). The van der Waals surface area contributed by atoms with Gasteiger partial charge in [0.1, 0.15) is 0 Å². The van der Waals surface area contributed by atoms with E-state index >= 15 is 0 Å². The van der Waals surface area contributed by atoms with E-state index in [9.17, 15) is 4.79 Å². The van der Waals surface area contributed by atoms with Gasteiger partial charge in [-0.05, 0) is 46.6 Å². The topological polar surface area (TPSA) is 29.1 Å². The van der Waals surface area contributed by atoms with Crippen LogP contribution in [0.1, 0.15) is 21.5 Å². The monoisotopic (exact) mass is 337 g/mol. The minimum atomic E-state index is -0.112. The summed E-state index contributed by atoms with van der Waals surface area (Å²) in [5.41, 5.74) is 2.85. The van der Waals surface area contributed by atoms with Crippen molar-refractivity contribution < 1.29 is 4.79 Å². The van der Waals surface area contributed by atoms with Crippen molar-refractivity contribution in [2.24, 2.45) is 0 Å². The highest BCUT2D eigenvalue weighted by Gasteiger charge is 2.07. The quantitative estimate of drug-likeness (QED) is 0.886. The predicted molar refractivity (Wildman–Crippen MR) is 81.5 cm³/mol. The van der Waals surface area contributed by atoms with Crippen LogP contribution in [0.5, 0.6) is 0 Å². The van der Waals surface area contributed by atoms with E-state index in [1.807, 2.05) is 25.1 Å². The lowest BCUT2D eigenvalue weighted by atomic mass is 10.1. The Morgan fingerprint density at radius 2 is 2.05 bits per heavy atom. The molecule has 19 heavy (non-hydrogen) atoms. The van der Waals surface area contributed by atoms with Crippen LogP contribution in [-0.4, -0.2) is 5.91 Å². The van der Waals surface area contributed by atoms with E-state index < -0.39 is 0 Å². The first-order valence-electron chi connectivity index (χ1n) is 5.85. The van der Waals surface area contributed by atoms with Crippen LogP contribution < -0.4 is 5.32 Å². The Labute approximate surface area is 125 Å². The molecule has 0 aliphatic carbocycles. The zero-order chi connectivity index (χ0) is 13.8. The maximum atomic E-state index is 12.0. The summed E-state index contributed by atoms with van der Waals surface area (Å²) in [6.45, 7) is 2.54. The van der Waals surface area contributed by atoms with E-state index in [0.29, 0.717) is 17.1 Å². The molecule has 98 valence electrons. The second-order valence-corrected chi connectivity index (χ2v) is 5.56. The summed E-state index contributed by atoms with van der Waals surface area (Å²) in [5.74, 6) is -0.112. The molecule has 0 aliphatic rings. The molecule has 0 spiro atoms. The molecule has 0 fully saturated rings. The first-order valence-corrected chi connectivity index (χ1v) is 7.02. The first-order chi connectivity index (χ1) is 9.06. The second-order valence-electron chi connectivity index (χ2n) is 4.30. The first kappa shape index (κ1) is 14.1. The van der Waals surface area contributed by atoms with E-state index in [-0.39, 0.29) is 5.91 Å². The predicted octanol–water partition coefficient (Wildman–Crippen LogP) is 4.34. The third kappa shape index (κ3) is 3.82. The van der Waals surface area contributed by atoms with Gasteiger partial charge in [0, 0.05) is 16.6 Å². The molecule has 2 aromatic rings. The Morgan fingerprint density at radius 1 is 1.26 bits per heavy atom. The number of carbonyl (C=O) groups is 1. The molecule has 2 aromatic carbocycles. The summed E-state index contributed by atoms with van der Waals surface area (Å²) < 4.78 is 0.720. The van der Waals surface area contributed by atoms with Gasteiger partial charge in [0.2, 0.25) is 0 Å². The van der Waals surface area contributed by atoms with Crippen molar-refractivity contribution in [3.05, 3.63) is 68.7 Å². The van der Waals surface area contributed by atoms with E-state index in [1.54, 1.807) is 18.2 Å². The second kappa shape index (κ2) is 6.22. The van der Waals surface area contributed by atoms with Crippen molar-refractivity contribution in [2.45, 2.75) is 13.5 Å². The van der Waals surface area contributed by atoms with Gasteiger partial charge < -0.3 is 5.32 Å². The number of amides is 1. The van der Waals surface area contributed by atoms with Gasteiger partial charge >= 0.3 is 0 Å². The zero-order valence-electron chi connectivity index (χ0n) is 10.4. The number of carbonyl (C=O) groups excluding carboxylic acids is 1. The molecule has 0 unspecified atom stereocenters. The fraction of sp³-hybridized carbons (Fsp3) is 0.133. The van der Waals surface area contributed by atoms with Gasteiger partial charge in [0.15, 0.2) is 0 Å². The Balaban J connectivity index is 2.03. The minimum absolute atomic E-state index is 0.112. The summed E-state index contributed by atoms with van der Waals surface area (Å²) in [4.78, 5) is 12.0. The summed E-state index contributed by atoms with van der Waals surface area (Å²) in [6, 6.07) is 13.2. The smallest absolute Gasteiger partial charge is 0.251 e. The Kier molecular flexibility index (Phi) is 4.61. The zero-order valence-corrected chi connectivity index (χ0v) is 12.8. The number of aryl methyl sites for hydroxylation is 1. The normalized spacial score (nSPS) is 10.3. The van der Waals surface area contributed by atoms with Gasteiger partial charge in [0.25, 0.3) is 5.91 Å². The van der Waals surface area contributed by atoms with Crippen LogP contribution in [0.2, 0.25) is 5.02 Å². The van der Waals surface area contributed by atoms with Gasteiger partial charge in [-0.2, -0.15) is 0 Å². The van der Waals surface area contributed by atoms with Gasteiger partial charge in [-0.1, -0.05) is 41.4 Å². The van der Waals surface area contributed by atoms with Crippen molar-refractivity contribution >= 4 is 33.4 Å². The van der Waals surface area contributed by atoms with Gasteiger partial charge in [-0.3, -0.25) is 4.79 Å². The van der Waals surface area contributed by atoms with Crippen LogP contribution in [0.3, 0.4) is 0 Å². The van der Waals surface area contributed by atoms with E-state index in [0.717, 1.165) is 10.0 Å². The molecule has 0 saturated carbocycles. The standard InChI is InChI=1S/C15H13BrClNO/c1-10-3-2-4-11(7-10)9-18-15(19)12-5-6-14(17)13(16)8-12/h2-8H,9H2,1H3,(H,18,19). The molecule has 0 aromatic heterocycles. The molecule has 0 heterocycles. The van der Waals surface area contributed by atoms with Crippen molar-refractivity contribution in [1.29, 1.82) is 0 Å². The molecule has 0 aliphatic heterocycles. The SMILES string of the molecule is Cc1cccc(CNC(=O)c2ccc(Cl)c(Br)c2)c1. The maximum absolute atomic E-state index is 12.0. The fourth-order valence-corrected chi connectivity index (χ4v) is 2.24. The van der Waals surface area contributed by atoms with Crippen molar-refractivity contribution in [3.63, 3.8) is 0 Å². The molecule has 0 atom stereocenters. The summed E-state index contributed by atoms with van der Waals surface area (Å²) >= 11 is 9.21. The number of hydrogen-bond acceptors (Lipinski definition) is 1. The molecule has 0 saturated heterocycles. The maximum Gasteiger partial charge on any atom is 0.251 e. The van der Waals surface area contributed by atoms with Crippen LogP contribution in [-0.2, 0) is 6.54 Å². The third-order valence-corrected chi connectivity index (χ3v) is 3.93. The Morgan fingerprint density at radius 3 is 2.74 bits per heavy atom. The minimum Gasteiger partial charge on any atom is -0.348 e. The molecule has 0 radical (unpaired) electrons. The number of halogens is 2. The van der Waals surface area contributed by atoms with Crippen molar-refractivity contribution in [2.75, 3.05) is 0 Å². The molecule has 2 nitrogen and oxygen atoms in total. The number of nitrogens with one attached hydrogen (secondary N) is 1. The molecular weight excluding hydrogens is 326 g/mol. The summed E-state index contributed by atoms with van der Waals surface area (Å²) in [5, 5.41) is 3.48. The Hall–Kier alpha value is -1.32. The number of hydrogen-bond donors (Lipinski definition) is 1. The lowest BCUT2D eigenvalue weighted by molar-refractivity contribution is 0.0951. The number of rotatable bonds is 3. The molecular formula is C15H13BrClNO. The fourth-order valence-electron chi connectivity index (χ4n) is 1.74. The van der Waals surface area contributed by atoms with Crippen molar-refractivity contribution in [1.82, 2.24) is 5.32 Å². The summed E-state index contributed by atoms with van der Waals surface area (Å²) in [6.07, 6.45) is 0. The van der Waals surface area contributed by atoms with Crippen LogP contribution in [0, 0.1) is 6.92 Å². The highest BCUT2D eigenvalue weighted by Crippen LogP contribution is 2.23. The van der Waals surface area contributed by atoms with Gasteiger partial charge in [-0.15, -0.1) is 0 Å². The average Bonchev–Trinajstić information content (AvgIpc) is 2.39. The third-order valence-electron chi connectivity index (χ3n) is 2.72. The lowest BCUT2D eigenvalue weighted by Gasteiger charge is -2.07. The largest absolute Gasteiger partial charge is 0.348 e. The van der Waals surface area contributed by atoms with Crippen LogP contribution in [0.25, 0.3) is 0 Å². The van der Waals surface area contributed by atoms with E-state index in [2.05, 4.69) is 27.3 Å². The lowest BCUT2D eigenvalue weighted by Crippen LogP contribution is -2.22. The molecule has 1 N–H and O–H groups in total. The van der Waals surface area contributed by atoms with Gasteiger partial charge in [-0.25, -0.2) is 0 Å². The molecule has 1 amide bonds. The van der Waals surface area contributed by atoms with E-state index in [1.165, 1.54) is 5.56 Å². The van der Waals surface area contributed by atoms with Gasteiger partial charge in [0.05, 0.1) is 5.02 Å². The average molecular weight is 339 g/mol. The molecule has 0 bridgehead atoms. The summed E-state index contributed by atoms with van der Waals surface area (Å²) in [7, 11) is 0. The highest BCUT2D eigenvalue weighted by atomic mass is 79.9. The van der Waals surface area contributed by atoms with Crippen LogP contribution in [0.15, 0.2) is 46.9 Å². The van der Waals surface area contributed by atoms with Crippen LogP contribution >= 0.6 is 27.5 Å². The molecule has 4 heteroatoms. The number of benzene rings is 2. The van der Waals surface area contributed by atoms with Crippen LogP contribution in [0.4, 0.5) is 0 Å². The van der Waals surface area contributed by atoms with E-state index in [4.69, 9.17) is 11.6 Å². The highest BCUT2D eigenvalue weighted by molar-refractivity contribution is 9.10.